The Hall–Kier alpha value is -2.39. The zero-order valence-electron chi connectivity index (χ0n) is 17.8. The summed E-state index contributed by atoms with van der Waals surface area (Å²) in [6.07, 6.45) is -2.00. The Morgan fingerprint density at radius 2 is 0.545 bits per heavy atom. The molecule has 1 aliphatic carbocycles. The molecule has 3 aromatic rings. The molecule has 3 aromatic carbocycles. The fraction of sp³-hybridized carbons (Fsp3) is 0.250. The highest BCUT2D eigenvalue weighted by Gasteiger charge is 2.66. The van der Waals surface area contributed by atoms with Crippen molar-refractivity contribution < 1.29 is 27.9 Å². The van der Waals surface area contributed by atoms with E-state index in [0.717, 1.165) is 16.4 Å². The summed E-state index contributed by atoms with van der Waals surface area (Å²) in [6.45, 7) is 0. The van der Waals surface area contributed by atoms with Gasteiger partial charge in [0.05, 0.1) is 36.6 Å². The van der Waals surface area contributed by atoms with E-state index in [9.17, 15) is 0 Å². The summed E-state index contributed by atoms with van der Waals surface area (Å²) in [4.78, 5) is 0. The quantitative estimate of drug-likeness (QED) is 0.557. The second kappa shape index (κ2) is 8.13. The maximum atomic E-state index is 6.50. The number of hydrogen-bond donors (Lipinski definition) is 0. The maximum absolute atomic E-state index is 6.50. The highest BCUT2D eigenvalue weighted by molar-refractivity contribution is 6.63. The van der Waals surface area contributed by atoms with E-state index in [1.54, 1.807) is 0 Å². The molecule has 4 bridgehead atoms. The second-order valence-electron chi connectivity index (χ2n) is 8.83. The lowest BCUT2D eigenvalue weighted by Crippen LogP contribution is -2.76. The number of rotatable bonds is 3. The average molecular weight is 438 g/mol. The van der Waals surface area contributed by atoms with Crippen molar-refractivity contribution in [3.05, 3.63) is 91.0 Å². The largest absolute Gasteiger partial charge is 0.494 e. The van der Waals surface area contributed by atoms with Gasteiger partial charge in [-0.1, -0.05) is 91.0 Å². The van der Waals surface area contributed by atoms with E-state index in [4.69, 9.17) is 27.9 Å². The molecule has 7 rings (SSSR count). The Kier molecular flexibility index (Phi) is 4.93. The SMILES string of the molecule is c1ccc(B2O[C@H]3[C@@H]4OB(c5ccccc5)O[C@H]5[C@@H](OB(c6ccccc6)O[C@@H]45)[C@H]3O2)cc1. The number of benzene rings is 3. The highest BCUT2D eigenvalue weighted by Crippen LogP contribution is 2.43. The Morgan fingerprint density at radius 1 is 0.333 bits per heavy atom. The highest BCUT2D eigenvalue weighted by atomic mass is 16.7. The first-order chi connectivity index (χ1) is 16.3. The van der Waals surface area contributed by atoms with Crippen LogP contribution in [-0.2, 0) is 27.9 Å². The molecular formula is C24H21B3O6. The van der Waals surface area contributed by atoms with Crippen LogP contribution in [0.15, 0.2) is 91.0 Å². The zero-order valence-corrected chi connectivity index (χ0v) is 17.8. The lowest BCUT2D eigenvalue weighted by atomic mass is 9.68. The van der Waals surface area contributed by atoms with Crippen LogP contribution in [0.1, 0.15) is 0 Å². The molecule has 0 aromatic heterocycles. The van der Waals surface area contributed by atoms with Crippen molar-refractivity contribution in [3.8, 4) is 0 Å². The molecular weight excluding hydrogens is 417 g/mol. The fourth-order valence-electron chi connectivity index (χ4n) is 5.31. The van der Waals surface area contributed by atoms with Gasteiger partial charge in [-0.2, -0.15) is 0 Å². The van der Waals surface area contributed by atoms with Crippen LogP contribution in [0.3, 0.4) is 0 Å². The monoisotopic (exact) mass is 438 g/mol. The first kappa shape index (κ1) is 20.0. The summed E-state index contributed by atoms with van der Waals surface area (Å²) >= 11 is 0. The minimum Gasteiger partial charge on any atom is -0.399 e. The van der Waals surface area contributed by atoms with Gasteiger partial charge in [0.15, 0.2) is 0 Å². The summed E-state index contributed by atoms with van der Waals surface area (Å²) in [6, 6.07) is 29.9. The normalized spacial score (nSPS) is 32.5. The Morgan fingerprint density at radius 3 is 0.758 bits per heavy atom. The van der Waals surface area contributed by atoms with Crippen LogP contribution in [0, 0.1) is 0 Å². The Labute approximate surface area is 193 Å². The molecule has 0 spiro atoms. The molecule has 0 unspecified atom stereocenters. The molecule has 4 fully saturated rings. The molecule has 1 saturated carbocycles. The molecule has 0 atom stereocenters. The van der Waals surface area contributed by atoms with Crippen LogP contribution in [0.2, 0.25) is 0 Å². The van der Waals surface area contributed by atoms with E-state index >= 15 is 0 Å². The molecule has 9 heteroatoms. The second-order valence-corrected chi connectivity index (χ2v) is 8.83. The van der Waals surface area contributed by atoms with E-state index in [0.29, 0.717) is 0 Å². The predicted molar refractivity (Wildman–Crippen MR) is 125 cm³/mol. The number of hydrogen-bond acceptors (Lipinski definition) is 6. The zero-order chi connectivity index (χ0) is 21.8. The van der Waals surface area contributed by atoms with Gasteiger partial charge in [-0.25, -0.2) is 0 Å². The topological polar surface area (TPSA) is 55.4 Å². The van der Waals surface area contributed by atoms with Gasteiger partial charge in [0.2, 0.25) is 0 Å². The molecule has 4 aliphatic rings. The van der Waals surface area contributed by atoms with Crippen molar-refractivity contribution in [3.63, 3.8) is 0 Å². The van der Waals surface area contributed by atoms with Crippen molar-refractivity contribution in [1.82, 2.24) is 0 Å². The van der Waals surface area contributed by atoms with Crippen molar-refractivity contribution >= 4 is 37.7 Å². The van der Waals surface area contributed by atoms with Crippen LogP contribution >= 0.6 is 0 Å². The molecule has 0 amide bonds. The van der Waals surface area contributed by atoms with E-state index in [1.165, 1.54) is 0 Å². The summed E-state index contributed by atoms with van der Waals surface area (Å²) in [5, 5.41) is 0. The predicted octanol–water partition coefficient (Wildman–Crippen LogP) is 0.538. The third-order valence-electron chi connectivity index (χ3n) is 6.84. The van der Waals surface area contributed by atoms with Crippen LogP contribution in [0.4, 0.5) is 0 Å². The van der Waals surface area contributed by atoms with Crippen molar-refractivity contribution in [2.24, 2.45) is 0 Å². The molecule has 162 valence electrons. The Balaban J connectivity index is 1.24. The third-order valence-corrected chi connectivity index (χ3v) is 6.84. The van der Waals surface area contributed by atoms with Gasteiger partial charge in [0.25, 0.3) is 0 Å². The lowest BCUT2D eigenvalue weighted by molar-refractivity contribution is -0.227. The van der Waals surface area contributed by atoms with Crippen molar-refractivity contribution in [2.75, 3.05) is 0 Å². The van der Waals surface area contributed by atoms with Gasteiger partial charge in [0.1, 0.15) is 0 Å². The van der Waals surface area contributed by atoms with Gasteiger partial charge < -0.3 is 27.9 Å². The summed E-state index contributed by atoms with van der Waals surface area (Å²) in [5.74, 6) is 0. The summed E-state index contributed by atoms with van der Waals surface area (Å²) in [7, 11) is -1.51. The molecule has 3 heterocycles. The van der Waals surface area contributed by atoms with Gasteiger partial charge in [-0.15, -0.1) is 0 Å². The average Bonchev–Trinajstić information content (AvgIpc) is 3.33. The Bertz CT molecular complexity index is 1030. The lowest BCUT2D eigenvalue weighted by Gasteiger charge is -2.56. The maximum Gasteiger partial charge on any atom is 0.494 e. The first-order valence-corrected chi connectivity index (χ1v) is 11.4. The summed E-state index contributed by atoms with van der Waals surface area (Å²) in [5.41, 5.74) is 2.89. The standard InChI is InChI=1S/C24H21B3O6/c1-4-10-16(11-5-1)25-28-19-20-21(30-25)23-24(33-27(32-23)18-14-8-3-9-15-18)22(19)31-26(29-20)17-12-6-2-7-13-17/h1-15,19-24H/t19-,20-,21-,22-,23-,24+/m1/s1. The van der Waals surface area contributed by atoms with Crippen LogP contribution in [0.25, 0.3) is 0 Å². The minimum atomic E-state index is -0.513. The van der Waals surface area contributed by atoms with Gasteiger partial charge in [-0.3, -0.25) is 0 Å². The van der Waals surface area contributed by atoms with E-state index < -0.39 is 21.4 Å². The van der Waals surface area contributed by atoms with Gasteiger partial charge in [0, 0.05) is 0 Å². The fourth-order valence-corrected chi connectivity index (χ4v) is 5.31. The molecule has 33 heavy (non-hydrogen) atoms. The van der Waals surface area contributed by atoms with E-state index in [-0.39, 0.29) is 36.6 Å². The molecule has 3 aliphatic heterocycles. The first-order valence-electron chi connectivity index (χ1n) is 11.4. The van der Waals surface area contributed by atoms with E-state index in [2.05, 4.69) is 0 Å². The molecule has 6 nitrogen and oxygen atoms in total. The molecule has 3 saturated heterocycles. The van der Waals surface area contributed by atoms with Crippen molar-refractivity contribution in [1.29, 1.82) is 0 Å². The van der Waals surface area contributed by atoms with Gasteiger partial charge in [-0.05, 0) is 16.4 Å². The van der Waals surface area contributed by atoms with Crippen LogP contribution < -0.4 is 16.4 Å². The molecule has 0 radical (unpaired) electrons. The van der Waals surface area contributed by atoms with Crippen LogP contribution in [-0.4, -0.2) is 58.0 Å². The summed E-state index contributed by atoms with van der Waals surface area (Å²) < 4.78 is 38.8. The molecule has 0 N–H and O–H groups in total. The number of fused-ring (bicyclic) bond motifs is 3. The minimum absolute atomic E-state index is 0.326. The van der Waals surface area contributed by atoms with Crippen molar-refractivity contribution in [2.45, 2.75) is 36.6 Å². The van der Waals surface area contributed by atoms with E-state index in [1.807, 2.05) is 91.0 Å². The third kappa shape index (κ3) is 3.39. The smallest absolute Gasteiger partial charge is 0.399 e. The van der Waals surface area contributed by atoms with Gasteiger partial charge >= 0.3 is 21.4 Å². The van der Waals surface area contributed by atoms with Crippen LogP contribution in [0.5, 0.6) is 0 Å².